The summed E-state index contributed by atoms with van der Waals surface area (Å²) in [6.45, 7) is 11.8. The Kier molecular flexibility index (Phi) is 1.82. The van der Waals surface area contributed by atoms with Crippen LogP contribution in [0.1, 0.15) is 41.0 Å². The molecule has 0 aromatic rings. The zero-order chi connectivity index (χ0) is 7.94. The van der Waals surface area contributed by atoms with Crippen molar-refractivity contribution in [2.45, 2.75) is 41.0 Å². The van der Waals surface area contributed by atoms with Crippen molar-refractivity contribution in [3.05, 3.63) is 0 Å². The Morgan fingerprint density at radius 2 is 1.70 bits per heavy atom. The van der Waals surface area contributed by atoms with E-state index in [2.05, 4.69) is 34.6 Å². The van der Waals surface area contributed by atoms with Crippen LogP contribution < -0.4 is 0 Å². The van der Waals surface area contributed by atoms with Crippen molar-refractivity contribution >= 4 is 0 Å². The normalized spacial score (nSPS) is 39.3. The van der Waals surface area contributed by atoms with E-state index in [-0.39, 0.29) is 0 Å². The monoisotopic (exact) mass is 140 g/mol. The summed E-state index contributed by atoms with van der Waals surface area (Å²) in [6.07, 6.45) is 1.46. The highest BCUT2D eigenvalue weighted by molar-refractivity contribution is 5.01. The largest absolute Gasteiger partial charge is 0.0625 e. The highest BCUT2D eigenvalue weighted by atomic mass is 14.6. The first kappa shape index (κ1) is 8.10. The van der Waals surface area contributed by atoms with Gasteiger partial charge in [0.15, 0.2) is 0 Å². The van der Waals surface area contributed by atoms with E-state index >= 15 is 0 Å². The molecular formula is C10H20. The molecule has 0 aromatic carbocycles. The van der Waals surface area contributed by atoms with Crippen molar-refractivity contribution in [2.24, 2.45) is 23.2 Å². The molecule has 0 bridgehead atoms. The highest BCUT2D eigenvalue weighted by Gasteiger charge is 2.52. The topological polar surface area (TPSA) is 0 Å². The van der Waals surface area contributed by atoms with E-state index in [0.29, 0.717) is 5.41 Å². The van der Waals surface area contributed by atoms with Crippen LogP contribution in [0.15, 0.2) is 0 Å². The van der Waals surface area contributed by atoms with Crippen molar-refractivity contribution < 1.29 is 0 Å². The summed E-state index contributed by atoms with van der Waals surface area (Å²) in [4.78, 5) is 0. The van der Waals surface area contributed by atoms with E-state index < -0.39 is 0 Å². The summed E-state index contributed by atoms with van der Waals surface area (Å²) in [5, 5.41) is 0. The molecule has 0 saturated heterocycles. The molecule has 0 aliphatic heterocycles. The van der Waals surface area contributed by atoms with Gasteiger partial charge >= 0.3 is 0 Å². The number of hydrogen-bond acceptors (Lipinski definition) is 0. The summed E-state index contributed by atoms with van der Waals surface area (Å²) in [5.74, 6) is 2.78. The Morgan fingerprint density at radius 1 is 1.20 bits per heavy atom. The van der Waals surface area contributed by atoms with E-state index in [1.165, 1.54) is 6.42 Å². The van der Waals surface area contributed by atoms with Gasteiger partial charge in [-0.2, -0.15) is 0 Å². The summed E-state index contributed by atoms with van der Waals surface area (Å²) in [5.41, 5.74) is 0.689. The Balaban J connectivity index is 2.48. The van der Waals surface area contributed by atoms with Crippen LogP contribution in [-0.2, 0) is 0 Å². The minimum Gasteiger partial charge on any atom is -0.0625 e. The van der Waals surface area contributed by atoms with Crippen molar-refractivity contribution in [1.29, 1.82) is 0 Å². The molecule has 0 spiro atoms. The van der Waals surface area contributed by atoms with Gasteiger partial charge < -0.3 is 0 Å². The highest BCUT2D eigenvalue weighted by Crippen LogP contribution is 2.60. The van der Waals surface area contributed by atoms with E-state index in [9.17, 15) is 0 Å². The van der Waals surface area contributed by atoms with Gasteiger partial charge in [-0.1, -0.05) is 34.6 Å². The lowest BCUT2D eigenvalue weighted by atomic mass is 9.88. The first-order valence-electron chi connectivity index (χ1n) is 4.48. The molecule has 10 heavy (non-hydrogen) atoms. The molecule has 0 heteroatoms. The Morgan fingerprint density at radius 3 is 1.80 bits per heavy atom. The fraction of sp³-hybridized carbons (Fsp3) is 1.00. The molecule has 1 saturated carbocycles. The summed E-state index contributed by atoms with van der Waals surface area (Å²) >= 11 is 0. The smallest absolute Gasteiger partial charge is 0.0269 e. The molecule has 0 amide bonds. The Bertz CT molecular complexity index is 124. The lowest BCUT2D eigenvalue weighted by Crippen LogP contribution is -2.10. The molecule has 60 valence electrons. The van der Waals surface area contributed by atoms with Gasteiger partial charge in [-0.3, -0.25) is 0 Å². The maximum atomic E-state index is 2.43. The van der Waals surface area contributed by atoms with Gasteiger partial charge in [-0.25, -0.2) is 0 Å². The molecule has 1 rings (SSSR count). The number of hydrogen-bond donors (Lipinski definition) is 0. The van der Waals surface area contributed by atoms with Crippen LogP contribution >= 0.6 is 0 Å². The van der Waals surface area contributed by atoms with Crippen LogP contribution in [0.4, 0.5) is 0 Å². The van der Waals surface area contributed by atoms with Crippen molar-refractivity contribution in [3.8, 4) is 0 Å². The zero-order valence-electron chi connectivity index (χ0n) is 7.94. The standard InChI is InChI=1S/C10H20/c1-7(2)9-6-10(9,5)8(3)4/h7-9H,6H2,1-5H3. The fourth-order valence-electron chi connectivity index (χ4n) is 2.08. The second kappa shape index (κ2) is 2.25. The van der Waals surface area contributed by atoms with Gasteiger partial charge in [0, 0.05) is 0 Å². The van der Waals surface area contributed by atoms with E-state index in [1.54, 1.807) is 0 Å². The maximum absolute atomic E-state index is 2.43. The zero-order valence-corrected chi connectivity index (χ0v) is 7.94. The Labute approximate surface area is 65.0 Å². The molecule has 1 fully saturated rings. The van der Waals surface area contributed by atoms with Crippen LogP contribution in [0.25, 0.3) is 0 Å². The Hall–Kier alpha value is 0. The van der Waals surface area contributed by atoms with Gasteiger partial charge in [0.2, 0.25) is 0 Å². The van der Waals surface area contributed by atoms with Crippen LogP contribution in [0.5, 0.6) is 0 Å². The van der Waals surface area contributed by atoms with Crippen LogP contribution in [0.2, 0.25) is 0 Å². The summed E-state index contributed by atoms with van der Waals surface area (Å²) in [7, 11) is 0. The lowest BCUT2D eigenvalue weighted by molar-refractivity contribution is 0.322. The minimum absolute atomic E-state index is 0.689. The van der Waals surface area contributed by atoms with E-state index in [1.807, 2.05) is 0 Å². The fourth-order valence-corrected chi connectivity index (χ4v) is 2.08. The maximum Gasteiger partial charge on any atom is -0.0269 e. The molecule has 0 heterocycles. The van der Waals surface area contributed by atoms with E-state index in [4.69, 9.17) is 0 Å². The average Bonchev–Trinajstić information content (AvgIpc) is 2.43. The third-order valence-electron chi connectivity index (χ3n) is 3.47. The third kappa shape index (κ3) is 1.09. The van der Waals surface area contributed by atoms with Crippen molar-refractivity contribution in [2.75, 3.05) is 0 Å². The predicted molar refractivity (Wildman–Crippen MR) is 45.9 cm³/mol. The van der Waals surface area contributed by atoms with Crippen molar-refractivity contribution in [1.82, 2.24) is 0 Å². The first-order chi connectivity index (χ1) is 4.48. The summed E-state index contributed by atoms with van der Waals surface area (Å²) < 4.78 is 0. The van der Waals surface area contributed by atoms with Gasteiger partial charge in [-0.15, -0.1) is 0 Å². The molecule has 1 aliphatic carbocycles. The minimum atomic E-state index is 0.689. The first-order valence-corrected chi connectivity index (χ1v) is 4.48. The van der Waals surface area contributed by atoms with Gasteiger partial charge in [-0.05, 0) is 29.6 Å². The molecular weight excluding hydrogens is 120 g/mol. The quantitative estimate of drug-likeness (QED) is 0.552. The van der Waals surface area contributed by atoms with Gasteiger partial charge in [0.05, 0.1) is 0 Å². The van der Waals surface area contributed by atoms with Crippen molar-refractivity contribution in [3.63, 3.8) is 0 Å². The SMILES string of the molecule is CC(C)C1CC1(C)C(C)C. The third-order valence-corrected chi connectivity index (χ3v) is 3.47. The molecule has 2 atom stereocenters. The van der Waals surface area contributed by atoms with Gasteiger partial charge in [0.1, 0.15) is 0 Å². The second-order valence-electron chi connectivity index (χ2n) is 4.72. The predicted octanol–water partition coefficient (Wildman–Crippen LogP) is 3.32. The van der Waals surface area contributed by atoms with Crippen LogP contribution in [0, 0.1) is 23.2 Å². The van der Waals surface area contributed by atoms with Gasteiger partial charge in [0.25, 0.3) is 0 Å². The van der Waals surface area contributed by atoms with Crippen LogP contribution in [0.3, 0.4) is 0 Å². The molecule has 0 N–H and O–H groups in total. The average molecular weight is 140 g/mol. The lowest BCUT2D eigenvalue weighted by Gasteiger charge is -2.17. The molecule has 0 radical (unpaired) electrons. The number of rotatable bonds is 2. The van der Waals surface area contributed by atoms with Crippen LogP contribution in [-0.4, -0.2) is 0 Å². The molecule has 2 unspecified atom stereocenters. The molecule has 1 aliphatic rings. The molecule has 0 aromatic heterocycles. The second-order valence-corrected chi connectivity index (χ2v) is 4.72. The molecule has 0 nitrogen and oxygen atoms in total. The van der Waals surface area contributed by atoms with E-state index in [0.717, 1.165) is 17.8 Å². The summed E-state index contributed by atoms with van der Waals surface area (Å²) in [6, 6.07) is 0.